The van der Waals surface area contributed by atoms with Crippen molar-refractivity contribution >= 4 is 0 Å². The zero-order chi connectivity index (χ0) is 13.4. The number of aromatic nitrogens is 4. The fourth-order valence-electron chi connectivity index (χ4n) is 1.81. The number of rotatable bonds is 2. The average molecular weight is 256 g/mol. The van der Waals surface area contributed by atoms with Crippen LogP contribution < -0.4 is 0 Å². The smallest absolute Gasteiger partial charge is 0.261 e. The van der Waals surface area contributed by atoms with Crippen molar-refractivity contribution < 1.29 is 9.63 Å². The predicted molar refractivity (Wildman–Crippen MR) is 68.3 cm³/mol. The molecule has 0 radical (unpaired) electrons. The Kier molecular flexibility index (Phi) is 2.56. The van der Waals surface area contributed by atoms with Crippen LogP contribution in [0.1, 0.15) is 5.56 Å². The molecule has 0 bridgehead atoms. The van der Waals surface area contributed by atoms with E-state index in [0.717, 1.165) is 11.1 Å². The van der Waals surface area contributed by atoms with Gasteiger partial charge in [-0.2, -0.15) is 10.1 Å². The van der Waals surface area contributed by atoms with Gasteiger partial charge in [0.15, 0.2) is 0 Å². The molecule has 0 aliphatic rings. The molecule has 96 valence electrons. The Labute approximate surface area is 109 Å². The molecule has 0 atom stereocenters. The first kappa shape index (κ1) is 11.5. The average Bonchev–Trinajstić information content (AvgIpc) is 2.97. The molecule has 3 aromatic rings. The van der Waals surface area contributed by atoms with E-state index in [1.54, 1.807) is 29.2 Å². The zero-order valence-electron chi connectivity index (χ0n) is 10.5. The second-order valence-electron chi connectivity index (χ2n) is 4.35. The molecule has 2 aromatic heterocycles. The van der Waals surface area contributed by atoms with E-state index in [1.807, 2.05) is 20.0 Å². The summed E-state index contributed by atoms with van der Waals surface area (Å²) in [5.74, 6) is 0.862. The summed E-state index contributed by atoms with van der Waals surface area (Å²) < 4.78 is 6.84. The SMILES string of the molecule is Cc1ccc(-c2nc(-c3cnn(C)c3)no2)c(O)c1. The molecule has 6 nitrogen and oxygen atoms in total. The molecule has 0 aliphatic carbocycles. The first-order chi connectivity index (χ1) is 9.13. The lowest BCUT2D eigenvalue weighted by Crippen LogP contribution is -1.84. The van der Waals surface area contributed by atoms with Crippen molar-refractivity contribution in [2.24, 2.45) is 7.05 Å². The quantitative estimate of drug-likeness (QED) is 0.760. The van der Waals surface area contributed by atoms with Crippen LogP contribution in [-0.4, -0.2) is 25.0 Å². The molecule has 0 aliphatic heterocycles. The Morgan fingerprint density at radius 3 is 2.84 bits per heavy atom. The van der Waals surface area contributed by atoms with Crippen molar-refractivity contribution in [1.29, 1.82) is 0 Å². The van der Waals surface area contributed by atoms with Crippen LogP contribution in [0.3, 0.4) is 0 Å². The van der Waals surface area contributed by atoms with Crippen LogP contribution in [0.5, 0.6) is 5.75 Å². The normalized spacial score (nSPS) is 10.8. The van der Waals surface area contributed by atoms with Gasteiger partial charge in [0, 0.05) is 13.2 Å². The van der Waals surface area contributed by atoms with Crippen molar-refractivity contribution in [2.45, 2.75) is 6.92 Å². The molecule has 0 spiro atoms. The molecule has 0 amide bonds. The molecule has 19 heavy (non-hydrogen) atoms. The van der Waals surface area contributed by atoms with E-state index < -0.39 is 0 Å². The molecular weight excluding hydrogens is 244 g/mol. The molecule has 1 N–H and O–H groups in total. The molecular formula is C13H12N4O2. The second kappa shape index (κ2) is 4.24. The van der Waals surface area contributed by atoms with Gasteiger partial charge in [-0.3, -0.25) is 4.68 Å². The maximum absolute atomic E-state index is 9.88. The van der Waals surface area contributed by atoms with Gasteiger partial charge in [0.05, 0.1) is 17.3 Å². The lowest BCUT2D eigenvalue weighted by atomic mass is 10.1. The Balaban J connectivity index is 2.01. The van der Waals surface area contributed by atoms with Gasteiger partial charge >= 0.3 is 0 Å². The van der Waals surface area contributed by atoms with E-state index in [9.17, 15) is 5.11 Å². The minimum absolute atomic E-state index is 0.126. The van der Waals surface area contributed by atoms with Crippen molar-refractivity contribution in [3.8, 4) is 28.6 Å². The topological polar surface area (TPSA) is 77.0 Å². The molecule has 1 aromatic carbocycles. The van der Waals surface area contributed by atoms with Gasteiger partial charge in [0.25, 0.3) is 5.89 Å². The summed E-state index contributed by atoms with van der Waals surface area (Å²) in [6.45, 7) is 1.90. The van der Waals surface area contributed by atoms with Crippen LogP contribution in [0.25, 0.3) is 22.8 Å². The lowest BCUT2D eigenvalue weighted by Gasteiger charge is -1.99. The van der Waals surface area contributed by atoms with Crippen LogP contribution in [0.15, 0.2) is 35.1 Å². The molecule has 0 saturated heterocycles. The standard InChI is InChI=1S/C13H12N4O2/c1-8-3-4-10(11(18)5-8)13-15-12(16-19-13)9-6-14-17(2)7-9/h3-7,18H,1-2H3. The number of phenols is 1. The van der Waals surface area contributed by atoms with E-state index in [0.29, 0.717) is 11.4 Å². The van der Waals surface area contributed by atoms with Gasteiger partial charge in [-0.1, -0.05) is 11.2 Å². The van der Waals surface area contributed by atoms with Gasteiger partial charge in [-0.15, -0.1) is 0 Å². The van der Waals surface area contributed by atoms with Crippen molar-refractivity contribution in [1.82, 2.24) is 19.9 Å². The monoisotopic (exact) mass is 256 g/mol. The molecule has 0 unspecified atom stereocenters. The maximum Gasteiger partial charge on any atom is 0.261 e. The Bertz CT molecular complexity index is 730. The largest absolute Gasteiger partial charge is 0.507 e. The Hall–Kier alpha value is -2.63. The van der Waals surface area contributed by atoms with Gasteiger partial charge in [-0.05, 0) is 24.6 Å². The minimum Gasteiger partial charge on any atom is -0.507 e. The first-order valence-corrected chi connectivity index (χ1v) is 5.76. The number of benzene rings is 1. The summed E-state index contributed by atoms with van der Waals surface area (Å²) in [6.07, 6.45) is 3.45. The third-order valence-electron chi connectivity index (χ3n) is 2.77. The highest BCUT2D eigenvalue weighted by Crippen LogP contribution is 2.29. The minimum atomic E-state index is 0.126. The van der Waals surface area contributed by atoms with E-state index in [4.69, 9.17) is 4.52 Å². The summed E-state index contributed by atoms with van der Waals surface area (Å²) >= 11 is 0. The Morgan fingerprint density at radius 1 is 1.32 bits per heavy atom. The summed E-state index contributed by atoms with van der Waals surface area (Å²) in [4.78, 5) is 4.26. The van der Waals surface area contributed by atoms with Crippen LogP contribution in [0, 0.1) is 6.92 Å². The highest BCUT2D eigenvalue weighted by molar-refractivity contribution is 5.65. The fourth-order valence-corrected chi connectivity index (χ4v) is 1.81. The summed E-state index contributed by atoms with van der Waals surface area (Å²) in [7, 11) is 1.82. The van der Waals surface area contributed by atoms with Crippen LogP contribution in [-0.2, 0) is 7.05 Å². The summed E-state index contributed by atoms with van der Waals surface area (Å²) in [6, 6.07) is 5.29. The van der Waals surface area contributed by atoms with Crippen LogP contribution in [0.2, 0.25) is 0 Å². The first-order valence-electron chi connectivity index (χ1n) is 5.76. The predicted octanol–water partition coefficient (Wildman–Crippen LogP) is 2.15. The lowest BCUT2D eigenvalue weighted by molar-refractivity contribution is 0.425. The van der Waals surface area contributed by atoms with Gasteiger partial charge in [0.2, 0.25) is 5.82 Å². The molecule has 2 heterocycles. The van der Waals surface area contributed by atoms with Gasteiger partial charge < -0.3 is 9.63 Å². The van der Waals surface area contributed by atoms with Gasteiger partial charge in [0.1, 0.15) is 5.75 Å². The number of hydrogen-bond donors (Lipinski definition) is 1. The summed E-state index contributed by atoms with van der Waals surface area (Å²) in [5, 5.41) is 17.8. The number of hydrogen-bond acceptors (Lipinski definition) is 5. The number of aryl methyl sites for hydroxylation is 2. The third-order valence-corrected chi connectivity index (χ3v) is 2.77. The number of aromatic hydroxyl groups is 1. The third kappa shape index (κ3) is 2.08. The fraction of sp³-hybridized carbons (Fsp3) is 0.154. The van der Waals surface area contributed by atoms with Crippen molar-refractivity contribution in [3.63, 3.8) is 0 Å². The van der Waals surface area contributed by atoms with Gasteiger partial charge in [-0.25, -0.2) is 0 Å². The zero-order valence-corrected chi connectivity index (χ0v) is 10.5. The maximum atomic E-state index is 9.88. The summed E-state index contributed by atoms with van der Waals surface area (Å²) in [5.41, 5.74) is 2.26. The van der Waals surface area contributed by atoms with Crippen LogP contribution >= 0.6 is 0 Å². The van der Waals surface area contributed by atoms with Crippen molar-refractivity contribution in [2.75, 3.05) is 0 Å². The van der Waals surface area contributed by atoms with E-state index in [-0.39, 0.29) is 11.6 Å². The molecule has 6 heteroatoms. The molecule has 0 saturated carbocycles. The number of phenolic OH excluding ortho intramolecular Hbond substituents is 1. The van der Waals surface area contributed by atoms with Crippen molar-refractivity contribution in [3.05, 3.63) is 36.2 Å². The molecule has 0 fully saturated rings. The molecule has 3 rings (SSSR count). The van der Waals surface area contributed by atoms with E-state index >= 15 is 0 Å². The van der Waals surface area contributed by atoms with E-state index in [1.165, 1.54) is 0 Å². The van der Waals surface area contributed by atoms with Crippen LogP contribution in [0.4, 0.5) is 0 Å². The highest BCUT2D eigenvalue weighted by Gasteiger charge is 2.14. The van der Waals surface area contributed by atoms with E-state index in [2.05, 4.69) is 15.2 Å². The second-order valence-corrected chi connectivity index (χ2v) is 4.35. The number of nitrogens with zero attached hydrogens (tertiary/aromatic N) is 4. The highest BCUT2D eigenvalue weighted by atomic mass is 16.5. The Morgan fingerprint density at radius 2 is 2.16 bits per heavy atom.